The Hall–Kier alpha value is -0.610. The van der Waals surface area contributed by atoms with Gasteiger partial charge in [-0.3, -0.25) is 4.79 Å². The van der Waals surface area contributed by atoms with Crippen molar-refractivity contribution >= 4 is 5.91 Å². The molecule has 1 aliphatic carbocycles. The summed E-state index contributed by atoms with van der Waals surface area (Å²) in [5.74, 6) is 1.98. The molecule has 1 amide bonds. The monoisotopic (exact) mass is 251 g/mol. The zero-order chi connectivity index (χ0) is 12.5. The molecule has 3 fully saturated rings. The molecule has 102 valence electrons. The smallest absolute Gasteiger partial charge is 0.224 e. The summed E-state index contributed by atoms with van der Waals surface area (Å²) in [5, 5.41) is 6.69. The first-order chi connectivity index (χ1) is 8.74. The van der Waals surface area contributed by atoms with Crippen LogP contribution >= 0.6 is 0 Å². The molecule has 2 saturated heterocycles. The standard InChI is InChI=1S/C14H25N3O/c1-17-6-4-11(5-7-17)16-14(18)13-9-15-8-12(13)10-2-3-10/h10-13,15H,2-9H2,1H3,(H,16,18). The Morgan fingerprint density at radius 1 is 1.17 bits per heavy atom. The lowest BCUT2D eigenvalue weighted by atomic mass is 9.90. The van der Waals surface area contributed by atoms with Gasteiger partial charge in [0.25, 0.3) is 0 Å². The molecule has 0 aromatic rings. The van der Waals surface area contributed by atoms with E-state index in [0.29, 0.717) is 17.9 Å². The summed E-state index contributed by atoms with van der Waals surface area (Å²) in [5.41, 5.74) is 0. The largest absolute Gasteiger partial charge is 0.353 e. The fourth-order valence-electron chi connectivity index (χ4n) is 3.47. The summed E-state index contributed by atoms with van der Waals surface area (Å²) in [7, 11) is 2.15. The minimum absolute atomic E-state index is 0.233. The van der Waals surface area contributed by atoms with Crippen molar-refractivity contribution in [3.63, 3.8) is 0 Å². The maximum atomic E-state index is 12.4. The molecule has 2 atom stereocenters. The second-order valence-electron chi connectivity index (χ2n) is 6.35. The van der Waals surface area contributed by atoms with Crippen molar-refractivity contribution in [2.75, 3.05) is 33.2 Å². The van der Waals surface area contributed by atoms with Gasteiger partial charge in [0.2, 0.25) is 5.91 Å². The molecule has 2 heterocycles. The summed E-state index contributed by atoms with van der Waals surface area (Å²) in [6.07, 6.45) is 4.89. The number of amides is 1. The number of carbonyl (C=O) groups is 1. The number of carbonyl (C=O) groups excluding carboxylic acids is 1. The van der Waals surface area contributed by atoms with Crippen LogP contribution in [0.1, 0.15) is 25.7 Å². The number of rotatable bonds is 3. The first-order valence-electron chi connectivity index (χ1n) is 7.43. The van der Waals surface area contributed by atoms with Crippen molar-refractivity contribution in [1.82, 2.24) is 15.5 Å². The third-order valence-corrected chi connectivity index (χ3v) is 4.89. The van der Waals surface area contributed by atoms with Crippen LogP contribution in [0.25, 0.3) is 0 Å². The molecule has 4 heteroatoms. The quantitative estimate of drug-likeness (QED) is 0.765. The van der Waals surface area contributed by atoms with E-state index < -0.39 is 0 Å². The molecule has 2 unspecified atom stereocenters. The van der Waals surface area contributed by atoms with Gasteiger partial charge in [-0.15, -0.1) is 0 Å². The summed E-state index contributed by atoms with van der Waals surface area (Å²) < 4.78 is 0. The van der Waals surface area contributed by atoms with Crippen LogP contribution < -0.4 is 10.6 Å². The van der Waals surface area contributed by atoms with E-state index in [4.69, 9.17) is 0 Å². The van der Waals surface area contributed by atoms with Crippen molar-refractivity contribution in [2.24, 2.45) is 17.8 Å². The maximum Gasteiger partial charge on any atom is 0.224 e. The lowest BCUT2D eigenvalue weighted by Crippen LogP contribution is -2.46. The van der Waals surface area contributed by atoms with Gasteiger partial charge in [0.05, 0.1) is 5.92 Å². The molecular weight excluding hydrogens is 226 g/mol. The molecule has 4 nitrogen and oxygen atoms in total. The van der Waals surface area contributed by atoms with E-state index in [9.17, 15) is 4.79 Å². The lowest BCUT2D eigenvalue weighted by molar-refractivity contribution is -0.126. The number of piperidine rings is 1. The van der Waals surface area contributed by atoms with Gasteiger partial charge in [-0.05, 0) is 64.2 Å². The van der Waals surface area contributed by atoms with Crippen LogP contribution in [-0.4, -0.2) is 50.1 Å². The van der Waals surface area contributed by atoms with Crippen molar-refractivity contribution in [3.05, 3.63) is 0 Å². The van der Waals surface area contributed by atoms with Gasteiger partial charge in [-0.1, -0.05) is 0 Å². The predicted octanol–water partition coefficient (Wildman–Crippen LogP) is 0.442. The highest BCUT2D eigenvalue weighted by Crippen LogP contribution is 2.42. The minimum Gasteiger partial charge on any atom is -0.353 e. The second kappa shape index (κ2) is 5.17. The molecular formula is C14H25N3O. The number of likely N-dealkylation sites (tertiary alicyclic amines) is 1. The molecule has 0 bridgehead atoms. The second-order valence-corrected chi connectivity index (χ2v) is 6.35. The maximum absolute atomic E-state index is 12.4. The van der Waals surface area contributed by atoms with E-state index >= 15 is 0 Å². The topological polar surface area (TPSA) is 44.4 Å². The van der Waals surface area contributed by atoms with Crippen LogP contribution in [0.2, 0.25) is 0 Å². The number of hydrogen-bond acceptors (Lipinski definition) is 3. The first-order valence-corrected chi connectivity index (χ1v) is 7.43. The molecule has 0 radical (unpaired) electrons. The van der Waals surface area contributed by atoms with Crippen LogP contribution in [-0.2, 0) is 4.79 Å². The highest BCUT2D eigenvalue weighted by molar-refractivity contribution is 5.80. The fourth-order valence-corrected chi connectivity index (χ4v) is 3.47. The highest BCUT2D eigenvalue weighted by Gasteiger charge is 2.42. The molecule has 0 spiro atoms. The average Bonchev–Trinajstić information content (AvgIpc) is 3.09. The number of nitrogens with one attached hydrogen (secondary N) is 2. The molecule has 18 heavy (non-hydrogen) atoms. The first kappa shape index (κ1) is 12.4. The summed E-state index contributed by atoms with van der Waals surface area (Å²) in [6.45, 7) is 4.16. The van der Waals surface area contributed by atoms with E-state index in [1.54, 1.807) is 0 Å². The van der Waals surface area contributed by atoms with Gasteiger partial charge in [-0.2, -0.15) is 0 Å². The van der Waals surface area contributed by atoms with Crippen molar-refractivity contribution in [2.45, 2.75) is 31.7 Å². The van der Waals surface area contributed by atoms with Crippen molar-refractivity contribution < 1.29 is 4.79 Å². The van der Waals surface area contributed by atoms with E-state index in [1.165, 1.54) is 12.8 Å². The van der Waals surface area contributed by atoms with E-state index in [0.717, 1.165) is 44.9 Å². The molecule has 3 rings (SSSR count). The Labute approximate surface area is 109 Å². The van der Waals surface area contributed by atoms with Gasteiger partial charge in [-0.25, -0.2) is 0 Å². The Kier molecular flexibility index (Phi) is 3.57. The lowest BCUT2D eigenvalue weighted by Gasteiger charge is -2.30. The van der Waals surface area contributed by atoms with Crippen LogP contribution in [0.3, 0.4) is 0 Å². The van der Waals surface area contributed by atoms with Gasteiger partial charge in [0, 0.05) is 12.6 Å². The third kappa shape index (κ3) is 2.69. The van der Waals surface area contributed by atoms with Crippen LogP contribution in [0, 0.1) is 17.8 Å². The zero-order valence-corrected chi connectivity index (χ0v) is 11.3. The normalized spacial score (nSPS) is 34.7. The van der Waals surface area contributed by atoms with Crippen LogP contribution in [0.5, 0.6) is 0 Å². The highest BCUT2D eigenvalue weighted by atomic mass is 16.2. The molecule has 0 aromatic carbocycles. The molecule has 2 aliphatic heterocycles. The summed E-state index contributed by atoms with van der Waals surface area (Å²) >= 11 is 0. The molecule has 2 N–H and O–H groups in total. The Balaban J connectivity index is 1.51. The predicted molar refractivity (Wildman–Crippen MR) is 71.2 cm³/mol. The fraction of sp³-hybridized carbons (Fsp3) is 0.929. The van der Waals surface area contributed by atoms with Crippen molar-refractivity contribution in [1.29, 1.82) is 0 Å². The molecule has 0 aromatic heterocycles. The number of hydrogen-bond donors (Lipinski definition) is 2. The third-order valence-electron chi connectivity index (χ3n) is 4.89. The minimum atomic E-state index is 0.233. The van der Waals surface area contributed by atoms with Gasteiger partial charge >= 0.3 is 0 Å². The summed E-state index contributed by atoms with van der Waals surface area (Å²) in [6, 6.07) is 0.411. The Bertz CT molecular complexity index is 308. The van der Waals surface area contributed by atoms with Crippen molar-refractivity contribution in [3.8, 4) is 0 Å². The average molecular weight is 251 g/mol. The van der Waals surface area contributed by atoms with E-state index in [2.05, 4.69) is 22.6 Å². The number of nitrogens with zero attached hydrogens (tertiary/aromatic N) is 1. The van der Waals surface area contributed by atoms with Gasteiger partial charge < -0.3 is 15.5 Å². The molecule has 3 aliphatic rings. The van der Waals surface area contributed by atoms with Crippen LogP contribution in [0.4, 0.5) is 0 Å². The van der Waals surface area contributed by atoms with E-state index in [1.807, 2.05) is 0 Å². The molecule has 1 saturated carbocycles. The Morgan fingerprint density at radius 2 is 1.89 bits per heavy atom. The zero-order valence-electron chi connectivity index (χ0n) is 11.3. The van der Waals surface area contributed by atoms with Gasteiger partial charge in [0.1, 0.15) is 0 Å². The van der Waals surface area contributed by atoms with Crippen LogP contribution in [0.15, 0.2) is 0 Å². The SMILES string of the molecule is CN1CCC(NC(=O)C2CNCC2C2CC2)CC1. The Morgan fingerprint density at radius 3 is 2.56 bits per heavy atom. The van der Waals surface area contributed by atoms with E-state index in [-0.39, 0.29) is 5.92 Å². The van der Waals surface area contributed by atoms with Gasteiger partial charge in [0.15, 0.2) is 0 Å². The summed E-state index contributed by atoms with van der Waals surface area (Å²) in [4.78, 5) is 14.7.